The molecule has 0 atom stereocenters. The van der Waals surface area contributed by atoms with Gasteiger partial charge in [0.05, 0.1) is 19.9 Å². The molecule has 0 saturated heterocycles. The molecule has 18 heavy (non-hydrogen) atoms. The van der Waals surface area contributed by atoms with Crippen molar-refractivity contribution in [2.75, 3.05) is 14.2 Å². The van der Waals surface area contributed by atoms with Crippen molar-refractivity contribution in [2.45, 2.75) is 24.9 Å². The van der Waals surface area contributed by atoms with Crippen LogP contribution < -0.4 is 14.8 Å². The van der Waals surface area contributed by atoms with Crippen LogP contribution in [0.2, 0.25) is 0 Å². The van der Waals surface area contributed by atoms with E-state index in [2.05, 4.69) is 10.3 Å². The predicted molar refractivity (Wildman–Crippen MR) is 63.8 cm³/mol. The van der Waals surface area contributed by atoms with Gasteiger partial charge >= 0.3 is 5.97 Å². The lowest BCUT2D eigenvalue weighted by atomic mass is 10.2. The smallest absolute Gasteiger partial charge is 0.323 e. The highest BCUT2D eigenvalue weighted by atomic mass is 16.5. The fourth-order valence-electron chi connectivity index (χ4n) is 1.82. The quantitative estimate of drug-likeness (QED) is 0.779. The Morgan fingerprint density at radius 1 is 1.50 bits per heavy atom. The lowest BCUT2D eigenvalue weighted by Gasteiger charge is -2.15. The Bertz CT molecular complexity index is 457. The van der Waals surface area contributed by atoms with Gasteiger partial charge in [0, 0.05) is 18.8 Å². The predicted octanol–water partition coefficient (Wildman–Crippen LogP) is 0.806. The van der Waals surface area contributed by atoms with E-state index in [-0.39, 0.29) is 0 Å². The maximum Gasteiger partial charge on any atom is 0.323 e. The van der Waals surface area contributed by atoms with Crippen molar-refractivity contribution in [2.24, 2.45) is 0 Å². The number of aromatic nitrogens is 1. The lowest BCUT2D eigenvalue weighted by Crippen LogP contribution is -2.38. The molecule has 2 N–H and O–H groups in total. The van der Waals surface area contributed by atoms with Crippen LogP contribution in [0.15, 0.2) is 12.3 Å². The number of pyridine rings is 1. The Morgan fingerprint density at radius 3 is 2.72 bits per heavy atom. The van der Waals surface area contributed by atoms with Gasteiger partial charge in [0.15, 0.2) is 11.5 Å². The minimum absolute atomic E-state index is 0.340. The summed E-state index contributed by atoms with van der Waals surface area (Å²) in [7, 11) is 3.09. The molecule has 1 heterocycles. The van der Waals surface area contributed by atoms with Crippen molar-refractivity contribution in [3.05, 3.63) is 18.0 Å². The van der Waals surface area contributed by atoms with Gasteiger partial charge in [-0.15, -0.1) is 0 Å². The zero-order valence-corrected chi connectivity index (χ0v) is 10.4. The standard InChI is InChI=1S/C12H16N2O4/c1-17-9-3-6-13-8(10(9)18-2)7-14-12(4-5-12)11(15)16/h3,6,14H,4-5,7H2,1-2H3,(H,15,16). The van der Waals surface area contributed by atoms with Gasteiger partial charge in [-0.2, -0.15) is 0 Å². The fourth-order valence-corrected chi connectivity index (χ4v) is 1.82. The molecule has 98 valence electrons. The summed E-state index contributed by atoms with van der Waals surface area (Å²) in [4.78, 5) is 15.2. The van der Waals surface area contributed by atoms with Gasteiger partial charge in [-0.05, 0) is 12.8 Å². The zero-order valence-electron chi connectivity index (χ0n) is 10.4. The number of carbonyl (C=O) groups is 1. The summed E-state index contributed by atoms with van der Waals surface area (Å²) in [6.45, 7) is 0.340. The Balaban J connectivity index is 2.12. The van der Waals surface area contributed by atoms with Crippen LogP contribution in [0, 0.1) is 0 Å². The van der Waals surface area contributed by atoms with Crippen LogP contribution in [-0.2, 0) is 11.3 Å². The van der Waals surface area contributed by atoms with E-state index >= 15 is 0 Å². The first kappa shape index (κ1) is 12.6. The summed E-state index contributed by atoms with van der Waals surface area (Å²) in [6, 6.07) is 1.70. The maximum atomic E-state index is 11.0. The minimum Gasteiger partial charge on any atom is -0.493 e. The van der Waals surface area contributed by atoms with E-state index in [0.717, 1.165) is 0 Å². The number of methoxy groups -OCH3 is 2. The van der Waals surface area contributed by atoms with Gasteiger partial charge in [0.2, 0.25) is 0 Å². The Labute approximate surface area is 105 Å². The van der Waals surface area contributed by atoms with E-state index in [1.165, 1.54) is 7.11 Å². The average Bonchev–Trinajstić information content (AvgIpc) is 3.16. The molecule has 0 spiro atoms. The highest BCUT2D eigenvalue weighted by Gasteiger charge is 2.50. The number of nitrogens with zero attached hydrogens (tertiary/aromatic N) is 1. The average molecular weight is 252 g/mol. The molecular weight excluding hydrogens is 236 g/mol. The Kier molecular flexibility index (Phi) is 3.38. The van der Waals surface area contributed by atoms with Crippen molar-refractivity contribution in [3.63, 3.8) is 0 Å². The third-order valence-electron chi connectivity index (χ3n) is 3.12. The molecule has 0 amide bonds. The number of nitrogens with one attached hydrogen (secondary N) is 1. The van der Waals surface area contributed by atoms with Crippen molar-refractivity contribution < 1.29 is 19.4 Å². The van der Waals surface area contributed by atoms with Gasteiger partial charge in [-0.25, -0.2) is 0 Å². The largest absolute Gasteiger partial charge is 0.493 e. The van der Waals surface area contributed by atoms with Gasteiger partial charge in [-0.3, -0.25) is 15.1 Å². The number of hydrogen-bond acceptors (Lipinski definition) is 5. The molecule has 1 aliphatic rings. The fraction of sp³-hybridized carbons (Fsp3) is 0.500. The third-order valence-corrected chi connectivity index (χ3v) is 3.12. The SMILES string of the molecule is COc1ccnc(CNC2(C(=O)O)CC2)c1OC. The second-order valence-electron chi connectivity index (χ2n) is 4.23. The minimum atomic E-state index is -0.815. The Morgan fingerprint density at radius 2 is 2.22 bits per heavy atom. The summed E-state index contributed by atoms with van der Waals surface area (Å²) >= 11 is 0. The second-order valence-corrected chi connectivity index (χ2v) is 4.23. The van der Waals surface area contributed by atoms with Crippen molar-refractivity contribution in [1.82, 2.24) is 10.3 Å². The molecular formula is C12H16N2O4. The van der Waals surface area contributed by atoms with Crippen LogP contribution >= 0.6 is 0 Å². The van der Waals surface area contributed by atoms with E-state index in [1.807, 2.05) is 0 Å². The van der Waals surface area contributed by atoms with Crippen molar-refractivity contribution >= 4 is 5.97 Å². The summed E-state index contributed by atoms with van der Waals surface area (Å²) in [6.07, 6.45) is 2.90. The molecule has 1 aromatic heterocycles. The van der Waals surface area contributed by atoms with E-state index in [4.69, 9.17) is 14.6 Å². The van der Waals surface area contributed by atoms with E-state index in [1.54, 1.807) is 19.4 Å². The van der Waals surface area contributed by atoms with Crippen LogP contribution in [0.1, 0.15) is 18.5 Å². The summed E-state index contributed by atoms with van der Waals surface area (Å²) in [5, 5.41) is 12.1. The molecule has 2 rings (SSSR count). The molecule has 1 saturated carbocycles. The normalized spacial score (nSPS) is 16.1. The molecule has 0 bridgehead atoms. The first-order chi connectivity index (χ1) is 8.63. The van der Waals surface area contributed by atoms with E-state index < -0.39 is 11.5 Å². The first-order valence-corrected chi connectivity index (χ1v) is 5.67. The number of aliphatic carboxylic acids is 1. The third kappa shape index (κ3) is 2.24. The first-order valence-electron chi connectivity index (χ1n) is 5.67. The molecule has 1 aliphatic carbocycles. The molecule has 0 aliphatic heterocycles. The van der Waals surface area contributed by atoms with Crippen LogP contribution in [0.5, 0.6) is 11.5 Å². The van der Waals surface area contributed by atoms with Crippen LogP contribution in [0.25, 0.3) is 0 Å². The molecule has 0 unspecified atom stereocenters. The van der Waals surface area contributed by atoms with Crippen LogP contribution in [-0.4, -0.2) is 35.8 Å². The summed E-state index contributed by atoms with van der Waals surface area (Å²) < 4.78 is 10.4. The molecule has 0 aromatic carbocycles. The number of ether oxygens (including phenoxy) is 2. The molecule has 6 heteroatoms. The van der Waals surface area contributed by atoms with Crippen LogP contribution in [0.4, 0.5) is 0 Å². The van der Waals surface area contributed by atoms with Gasteiger partial charge in [0.25, 0.3) is 0 Å². The van der Waals surface area contributed by atoms with E-state index in [9.17, 15) is 4.79 Å². The Hall–Kier alpha value is -1.82. The van der Waals surface area contributed by atoms with Crippen molar-refractivity contribution in [1.29, 1.82) is 0 Å². The molecule has 0 radical (unpaired) electrons. The monoisotopic (exact) mass is 252 g/mol. The summed E-state index contributed by atoms with van der Waals surface area (Å²) in [5.41, 5.74) is -0.139. The number of rotatable bonds is 6. The number of hydrogen-bond donors (Lipinski definition) is 2. The number of carboxylic acids is 1. The van der Waals surface area contributed by atoms with Crippen molar-refractivity contribution in [3.8, 4) is 11.5 Å². The van der Waals surface area contributed by atoms with Crippen LogP contribution in [0.3, 0.4) is 0 Å². The maximum absolute atomic E-state index is 11.0. The second kappa shape index (κ2) is 4.81. The highest BCUT2D eigenvalue weighted by Crippen LogP contribution is 2.36. The lowest BCUT2D eigenvalue weighted by molar-refractivity contribution is -0.140. The molecule has 6 nitrogen and oxygen atoms in total. The zero-order chi connectivity index (χ0) is 13.2. The van der Waals surface area contributed by atoms with E-state index in [0.29, 0.717) is 36.6 Å². The topological polar surface area (TPSA) is 80.7 Å². The highest BCUT2D eigenvalue weighted by molar-refractivity contribution is 5.82. The van der Waals surface area contributed by atoms with Gasteiger partial charge < -0.3 is 14.6 Å². The van der Waals surface area contributed by atoms with Gasteiger partial charge in [0.1, 0.15) is 5.54 Å². The van der Waals surface area contributed by atoms with Gasteiger partial charge in [-0.1, -0.05) is 0 Å². The summed E-state index contributed by atoms with van der Waals surface area (Å²) in [5.74, 6) is 0.308. The molecule has 1 aromatic rings. The molecule has 1 fully saturated rings. The number of carboxylic acid groups (broad SMARTS) is 1.